The van der Waals surface area contributed by atoms with E-state index in [1.54, 1.807) is 0 Å². The van der Waals surface area contributed by atoms with E-state index in [9.17, 15) is 0 Å². The molecule has 3 nitrogen and oxygen atoms in total. The zero-order valence-electron chi connectivity index (χ0n) is 15.1. The zero-order valence-corrected chi connectivity index (χ0v) is 16.1. The van der Waals surface area contributed by atoms with Crippen molar-refractivity contribution in [1.29, 1.82) is 0 Å². The molecule has 2 fully saturated rings. The summed E-state index contributed by atoms with van der Waals surface area (Å²) in [6.45, 7) is 8.35. The number of hydrogen-bond donors (Lipinski definition) is 0. The zero-order chi connectivity index (χ0) is 17.5. The van der Waals surface area contributed by atoms with Crippen molar-refractivity contribution in [3.8, 4) is 0 Å². The summed E-state index contributed by atoms with van der Waals surface area (Å²) in [5.74, 6) is 0.339. The molecule has 0 unspecified atom stereocenters. The molecule has 0 saturated carbocycles. The van der Waals surface area contributed by atoms with Crippen LogP contribution in [0.25, 0.3) is 0 Å². The van der Waals surface area contributed by atoms with Crippen molar-refractivity contribution in [2.24, 2.45) is 5.92 Å². The molecule has 0 bridgehead atoms. The quantitative estimate of drug-likeness (QED) is 0.611. The molecule has 2 heterocycles. The number of ether oxygens (including phenoxy) is 2. The van der Waals surface area contributed by atoms with Crippen LogP contribution in [0.2, 0.25) is 5.04 Å². The minimum Gasteiger partial charge on any atom is -0.407 e. The summed E-state index contributed by atoms with van der Waals surface area (Å²) in [6.07, 6.45) is 0.256. The van der Waals surface area contributed by atoms with Crippen molar-refractivity contribution < 1.29 is 13.9 Å². The van der Waals surface area contributed by atoms with Crippen molar-refractivity contribution in [2.45, 2.75) is 38.2 Å². The summed E-state index contributed by atoms with van der Waals surface area (Å²) in [6, 6.07) is 21.5. The van der Waals surface area contributed by atoms with E-state index < -0.39 is 8.32 Å². The van der Waals surface area contributed by atoms with Crippen LogP contribution >= 0.6 is 0 Å². The molecule has 0 spiro atoms. The summed E-state index contributed by atoms with van der Waals surface area (Å²) in [5, 5.41) is 2.65. The van der Waals surface area contributed by atoms with Gasteiger partial charge in [-0.2, -0.15) is 0 Å². The van der Waals surface area contributed by atoms with Crippen LogP contribution in [-0.2, 0) is 13.9 Å². The number of rotatable bonds is 5. The van der Waals surface area contributed by atoms with E-state index in [4.69, 9.17) is 13.9 Å². The lowest BCUT2D eigenvalue weighted by molar-refractivity contribution is 0.0171. The third-order valence-corrected chi connectivity index (χ3v) is 10.4. The first-order chi connectivity index (χ1) is 12.0. The molecule has 2 aliphatic heterocycles. The predicted octanol–water partition coefficient (Wildman–Crippen LogP) is 2.93. The van der Waals surface area contributed by atoms with E-state index in [-0.39, 0.29) is 17.4 Å². The first-order valence-corrected chi connectivity index (χ1v) is 11.0. The van der Waals surface area contributed by atoms with Crippen LogP contribution < -0.4 is 10.4 Å². The molecule has 2 aromatic carbocycles. The molecule has 2 saturated heterocycles. The Balaban J connectivity index is 1.75. The van der Waals surface area contributed by atoms with E-state index in [0.717, 1.165) is 6.61 Å². The molecule has 2 aliphatic rings. The van der Waals surface area contributed by atoms with E-state index in [1.807, 2.05) is 0 Å². The van der Waals surface area contributed by atoms with Crippen molar-refractivity contribution in [3.05, 3.63) is 60.7 Å². The van der Waals surface area contributed by atoms with Crippen LogP contribution in [0.15, 0.2) is 60.7 Å². The Labute approximate surface area is 151 Å². The highest BCUT2D eigenvalue weighted by molar-refractivity contribution is 6.99. The fraction of sp³-hybridized carbons (Fsp3) is 0.429. The van der Waals surface area contributed by atoms with Crippen molar-refractivity contribution in [3.63, 3.8) is 0 Å². The van der Waals surface area contributed by atoms with Gasteiger partial charge in [0.25, 0.3) is 8.32 Å². The van der Waals surface area contributed by atoms with Crippen LogP contribution in [0.5, 0.6) is 0 Å². The van der Waals surface area contributed by atoms with Gasteiger partial charge in [0.2, 0.25) is 0 Å². The Kier molecular flexibility index (Phi) is 4.32. The van der Waals surface area contributed by atoms with Gasteiger partial charge in [0.1, 0.15) is 6.10 Å². The Hall–Kier alpha value is -1.46. The van der Waals surface area contributed by atoms with E-state index in [0.29, 0.717) is 12.5 Å². The maximum atomic E-state index is 6.93. The van der Waals surface area contributed by atoms with Gasteiger partial charge in [-0.05, 0) is 15.4 Å². The lowest BCUT2D eigenvalue weighted by Crippen LogP contribution is -2.67. The first kappa shape index (κ1) is 17.0. The van der Waals surface area contributed by atoms with Gasteiger partial charge >= 0.3 is 0 Å². The molecule has 25 heavy (non-hydrogen) atoms. The van der Waals surface area contributed by atoms with E-state index in [2.05, 4.69) is 81.4 Å². The Morgan fingerprint density at radius 1 is 0.960 bits per heavy atom. The summed E-state index contributed by atoms with van der Waals surface area (Å²) >= 11 is 0. The molecule has 132 valence electrons. The van der Waals surface area contributed by atoms with Crippen molar-refractivity contribution in [1.82, 2.24) is 0 Å². The molecule has 0 aliphatic carbocycles. The number of benzene rings is 2. The maximum absolute atomic E-state index is 6.93. The standard InChI is InChI=1S/C21H26O3Si/c1-21(2,3)25(17-10-6-4-7-11-17,18-12-8-5-9-13-18)23-15-16-14-22-20-19(16)24-20/h4-13,16,19-20H,14-15H2,1-3H3/t16-,19+,20+/m1/s1. The highest BCUT2D eigenvalue weighted by Gasteiger charge is 2.55. The average molecular weight is 355 g/mol. The second-order valence-corrected chi connectivity index (χ2v) is 12.3. The summed E-state index contributed by atoms with van der Waals surface area (Å²) in [5.41, 5.74) is 0. The smallest absolute Gasteiger partial charge is 0.261 e. The van der Waals surface area contributed by atoms with Crippen LogP contribution in [0, 0.1) is 5.92 Å². The normalized spacial score (nSPS) is 25.6. The van der Waals surface area contributed by atoms with Gasteiger partial charge < -0.3 is 13.9 Å². The second kappa shape index (κ2) is 6.36. The summed E-state index contributed by atoms with van der Waals surface area (Å²) in [7, 11) is -2.44. The molecule has 4 rings (SSSR count). The summed E-state index contributed by atoms with van der Waals surface area (Å²) < 4.78 is 18.1. The van der Waals surface area contributed by atoms with Gasteiger partial charge in [-0.25, -0.2) is 0 Å². The van der Waals surface area contributed by atoms with Crippen LogP contribution in [0.4, 0.5) is 0 Å². The minimum atomic E-state index is -2.44. The van der Waals surface area contributed by atoms with Crippen molar-refractivity contribution >= 4 is 18.7 Å². The molecule has 3 atom stereocenters. The third-order valence-electron chi connectivity index (χ3n) is 5.35. The Morgan fingerprint density at radius 2 is 1.52 bits per heavy atom. The van der Waals surface area contributed by atoms with Gasteiger partial charge in [0, 0.05) is 12.5 Å². The average Bonchev–Trinajstić information content (AvgIpc) is 3.29. The minimum absolute atomic E-state index is 0.0129. The molecule has 2 aromatic rings. The van der Waals surface area contributed by atoms with Gasteiger partial charge in [-0.3, -0.25) is 0 Å². The van der Waals surface area contributed by atoms with Gasteiger partial charge in [0.15, 0.2) is 6.29 Å². The van der Waals surface area contributed by atoms with Gasteiger partial charge in [-0.15, -0.1) is 0 Å². The Bertz CT molecular complexity index is 671. The number of fused-ring (bicyclic) bond motifs is 1. The highest BCUT2D eigenvalue weighted by atomic mass is 28.4. The largest absolute Gasteiger partial charge is 0.407 e. The fourth-order valence-electron chi connectivity index (χ4n) is 4.03. The van der Waals surface area contributed by atoms with E-state index in [1.165, 1.54) is 10.4 Å². The van der Waals surface area contributed by atoms with Gasteiger partial charge in [0.05, 0.1) is 6.61 Å². The molecule has 0 aromatic heterocycles. The molecule has 4 heteroatoms. The predicted molar refractivity (Wildman–Crippen MR) is 102 cm³/mol. The number of hydrogen-bond acceptors (Lipinski definition) is 3. The Morgan fingerprint density at radius 3 is 1.92 bits per heavy atom. The SMILES string of the molecule is CC(C)(C)[Si](OC[C@H]1CO[C@H]2O[C@@H]12)(c1ccccc1)c1ccccc1. The fourth-order valence-corrected chi connectivity index (χ4v) is 8.65. The maximum Gasteiger partial charge on any atom is 0.261 e. The van der Waals surface area contributed by atoms with Crippen molar-refractivity contribution in [2.75, 3.05) is 13.2 Å². The summed E-state index contributed by atoms with van der Waals surface area (Å²) in [4.78, 5) is 0. The highest BCUT2D eigenvalue weighted by Crippen LogP contribution is 2.41. The topological polar surface area (TPSA) is 31.0 Å². The molecule has 0 amide bonds. The molecule has 0 radical (unpaired) electrons. The lowest BCUT2D eigenvalue weighted by atomic mass is 10.1. The second-order valence-electron chi connectivity index (χ2n) is 8.04. The van der Waals surface area contributed by atoms with Crippen LogP contribution in [-0.4, -0.2) is 33.9 Å². The van der Waals surface area contributed by atoms with E-state index >= 15 is 0 Å². The monoisotopic (exact) mass is 354 g/mol. The van der Waals surface area contributed by atoms with Gasteiger partial charge in [-0.1, -0.05) is 81.4 Å². The molecular formula is C21H26O3Si. The first-order valence-electron chi connectivity index (χ1n) is 9.04. The number of epoxide rings is 1. The molecule has 0 N–H and O–H groups in total. The molecular weight excluding hydrogens is 328 g/mol. The lowest BCUT2D eigenvalue weighted by Gasteiger charge is -2.43. The van der Waals surface area contributed by atoms with Crippen LogP contribution in [0.1, 0.15) is 20.8 Å². The van der Waals surface area contributed by atoms with Crippen LogP contribution in [0.3, 0.4) is 0 Å². The third kappa shape index (κ3) is 2.97.